The summed E-state index contributed by atoms with van der Waals surface area (Å²) in [7, 11) is 1.59. The van der Waals surface area contributed by atoms with Crippen molar-refractivity contribution >= 4 is 39.0 Å². The lowest BCUT2D eigenvalue weighted by molar-refractivity contribution is 0.415. The van der Waals surface area contributed by atoms with Crippen molar-refractivity contribution in [1.29, 1.82) is 5.26 Å². The molecule has 5 heteroatoms. The van der Waals surface area contributed by atoms with Crippen molar-refractivity contribution in [2.45, 2.75) is 0 Å². The Morgan fingerprint density at radius 1 is 1.19 bits per heavy atom. The molecule has 0 bridgehead atoms. The minimum Gasteiger partial charge on any atom is -0.497 e. The van der Waals surface area contributed by atoms with Gasteiger partial charge in [0, 0.05) is 26.7 Å². The second kappa shape index (κ2) is 6.11. The highest BCUT2D eigenvalue weighted by Gasteiger charge is 2.17. The van der Waals surface area contributed by atoms with Gasteiger partial charge in [0.2, 0.25) is 0 Å². The number of benzene rings is 2. The van der Waals surface area contributed by atoms with Gasteiger partial charge in [0.25, 0.3) is 0 Å². The molecule has 0 unspecified atom stereocenters. The molecule has 0 atom stereocenters. The molecule has 4 aromatic rings. The third-order valence-electron chi connectivity index (χ3n) is 4.25. The minimum absolute atomic E-state index is 0.296. The minimum atomic E-state index is 0.296. The standard InChI is InChI=1S/C21H12ClN3O/c1-26-15-4-2-3-13(10-15)20-18(11-23)19-16-8-6-14(22)9-12(16)5-7-17(19)21(24)25-20/h2-4,6,8-10H,1H3,(H2,24,25). The Bertz CT molecular complexity index is 1210. The quantitative estimate of drug-likeness (QED) is 0.560. The fourth-order valence-electron chi connectivity index (χ4n) is 3.06. The normalized spacial score (nSPS) is 10.5. The van der Waals surface area contributed by atoms with Crippen molar-refractivity contribution in [3.8, 4) is 23.1 Å². The van der Waals surface area contributed by atoms with Gasteiger partial charge in [0.15, 0.2) is 0 Å². The highest BCUT2D eigenvalue weighted by atomic mass is 35.5. The zero-order valence-corrected chi connectivity index (χ0v) is 14.6. The number of pyridine rings is 1. The number of hydrogen-bond acceptors (Lipinski definition) is 4. The fraction of sp³-hybridized carbons (Fsp3) is 0.0476. The first-order valence-corrected chi connectivity index (χ1v) is 8.20. The summed E-state index contributed by atoms with van der Waals surface area (Å²) in [5, 5.41) is 13.4. The number of nitrogen functional groups attached to an aromatic ring is 1. The Labute approximate surface area is 155 Å². The van der Waals surface area contributed by atoms with Crippen LogP contribution in [0.3, 0.4) is 0 Å². The van der Waals surface area contributed by atoms with Crippen LogP contribution in [-0.2, 0) is 0 Å². The van der Waals surface area contributed by atoms with Crippen LogP contribution in [0.2, 0.25) is 5.02 Å². The van der Waals surface area contributed by atoms with Crippen molar-refractivity contribution in [2.24, 2.45) is 0 Å². The second-order valence-corrected chi connectivity index (χ2v) is 6.19. The van der Waals surface area contributed by atoms with Gasteiger partial charge >= 0.3 is 0 Å². The summed E-state index contributed by atoms with van der Waals surface area (Å²) in [6, 6.07) is 21.1. The summed E-state index contributed by atoms with van der Waals surface area (Å²) in [5.41, 5.74) is 7.87. The number of nitrogens with zero attached hydrogens (tertiary/aromatic N) is 2. The number of halogens is 1. The number of ether oxygens (including phenoxy) is 1. The summed E-state index contributed by atoms with van der Waals surface area (Å²) in [6.07, 6.45) is 0. The third kappa shape index (κ3) is 2.45. The van der Waals surface area contributed by atoms with Crippen LogP contribution in [-0.4, -0.2) is 12.1 Å². The van der Waals surface area contributed by atoms with Crippen LogP contribution in [0.4, 0.5) is 5.82 Å². The number of nitriles is 1. The molecule has 2 N–H and O–H groups in total. The highest BCUT2D eigenvalue weighted by molar-refractivity contribution is 6.31. The first-order valence-electron chi connectivity index (χ1n) is 7.82. The van der Waals surface area contributed by atoms with E-state index in [2.05, 4.69) is 23.2 Å². The van der Waals surface area contributed by atoms with E-state index in [1.807, 2.05) is 30.3 Å². The molecule has 0 fully saturated rings. The van der Waals surface area contributed by atoms with Gasteiger partial charge in [0.1, 0.15) is 17.6 Å². The van der Waals surface area contributed by atoms with Crippen LogP contribution in [0.15, 0.2) is 42.5 Å². The molecular formula is C21H12ClN3O. The predicted octanol–water partition coefficient (Wildman–Crippen LogP) is 4.77. The van der Waals surface area contributed by atoms with E-state index in [9.17, 15) is 5.26 Å². The number of aromatic nitrogens is 1. The Hall–Kier alpha value is -3.47. The average molecular weight is 358 g/mol. The molecule has 4 nitrogen and oxygen atoms in total. The van der Waals surface area contributed by atoms with E-state index in [0.29, 0.717) is 38.6 Å². The van der Waals surface area contributed by atoms with Crippen molar-refractivity contribution in [2.75, 3.05) is 12.8 Å². The Morgan fingerprint density at radius 2 is 2.04 bits per heavy atom. The predicted molar refractivity (Wildman–Crippen MR) is 103 cm³/mol. The van der Waals surface area contributed by atoms with Gasteiger partial charge in [-0.05, 0) is 24.3 Å². The largest absolute Gasteiger partial charge is 0.497 e. The second-order valence-electron chi connectivity index (χ2n) is 5.75. The van der Waals surface area contributed by atoms with Crippen LogP contribution >= 0.6 is 11.6 Å². The van der Waals surface area contributed by atoms with E-state index >= 15 is 0 Å². The third-order valence-corrected chi connectivity index (χ3v) is 4.49. The van der Waals surface area contributed by atoms with Crippen molar-refractivity contribution in [1.82, 2.24) is 4.98 Å². The number of hydrogen-bond donors (Lipinski definition) is 1. The van der Waals surface area contributed by atoms with Gasteiger partial charge in [-0.3, -0.25) is 0 Å². The average Bonchev–Trinajstić information content (AvgIpc) is 2.67. The molecule has 3 aromatic carbocycles. The lowest BCUT2D eigenvalue weighted by atomic mass is 9.96. The van der Waals surface area contributed by atoms with Gasteiger partial charge in [-0.1, -0.05) is 41.9 Å². The molecule has 4 rings (SSSR count). The highest BCUT2D eigenvalue weighted by Crippen LogP contribution is 2.35. The molecular weight excluding hydrogens is 346 g/mol. The van der Waals surface area contributed by atoms with Crippen molar-refractivity contribution < 1.29 is 4.74 Å². The number of nitrogens with two attached hydrogens (primary N) is 1. The number of fused-ring (bicyclic) bond motifs is 3. The van der Waals surface area contributed by atoms with E-state index in [1.165, 1.54) is 0 Å². The number of rotatable bonds is 2. The first-order chi connectivity index (χ1) is 12.6. The molecule has 0 amide bonds. The van der Waals surface area contributed by atoms with E-state index in [0.717, 1.165) is 16.3 Å². The summed E-state index contributed by atoms with van der Waals surface area (Å²) in [6.45, 7) is 0. The number of anilines is 1. The van der Waals surface area contributed by atoms with Crippen LogP contribution in [0.1, 0.15) is 5.56 Å². The van der Waals surface area contributed by atoms with Gasteiger partial charge in [0.05, 0.1) is 23.8 Å². The maximum atomic E-state index is 9.90. The summed E-state index contributed by atoms with van der Waals surface area (Å²) in [5.74, 6) is 0.973. The molecule has 0 radical (unpaired) electrons. The fourth-order valence-corrected chi connectivity index (χ4v) is 3.23. The Kier molecular flexibility index (Phi) is 3.77. The topological polar surface area (TPSA) is 71.9 Å². The summed E-state index contributed by atoms with van der Waals surface area (Å²) >= 11 is 6.09. The van der Waals surface area contributed by atoms with Gasteiger partial charge < -0.3 is 10.5 Å². The van der Waals surface area contributed by atoms with E-state index in [1.54, 1.807) is 19.2 Å². The molecule has 1 heterocycles. The first kappa shape index (κ1) is 16.0. The molecule has 0 spiro atoms. The molecule has 0 saturated carbocycles. The van der Waals surface area contributed by atoms with Gasteiger partial charge in [-0.2, -0.15) is 5.26 Å². The van der Waals surface area contributed by atoms with E-state index in [-0.39, 0.29) is 0 Å². The molecule has 1 aromatic heterocycles. The van der Waals surface area contributed by atoms with Gasteiger partial charge in [-0.25, -0.2) is 4.98 Å². The zero-order chi connectivity index (χ0) is 18.3. The molecule has 0 aliphatic rings. The van der Waals surface area contributed by atoms with Crippen molar-refractivity contribution in [3.63, 3.8) is 0 Å². The smallest absolute Gasteiger partial charge is 0.140 e. The lowest BCUT2D eigenvalue weighted by Crippen LogP contribution is -1.99. The summed E-state index contributed by atoms with van der Waals surface area (Å²) < 4.78 is 5.28. The number of methoxy groups -OCH3 is 1. The molecule has 0 saturated heterocycles. The Morgan fingerprint density at radius 3 is 2.81 bits per heavy atom. The SMILES string of the molecule is COc1cccc(-c2nc(N)c3c#cc4cc(Cl)ccc4c3c2C#N)c1. The van der Waals surface area contributed by atoms with E-state index < -0.39 is 0 Å². The van der Waals surface area contributed by atoms with Crippen molar-refractivity contribution in [3.05, 3.63) is 65.2 Å². The summed E-state index contributed by atoms with van der Waals surface area (Å²) in [4.78, 5) is 4.46. The zero-order valence-electron chi connectivity index (χ0n) is 13.8. The van der Waals surface area contributed by atoms with Gasteiger partial charge in [-0.15, -0.1) is 0 Å². The molecule has 124 valence electrons. The Balaban J connectivity index is 2.15. The maximum Gasteiger partial charge on any atom is 0.140 e. The van der Waals surface area contributed by atoms with Crippen LogP contribution in [0.5, 0.6) is 5.75 Å². The maximum absolute atomic E-state index is 9.90. The molecule has 26 heavy (non-hydrogen) atoms. The molecule has 0 aliphatic carbocycles. The van der Waals surface area contributed by atoms with Crippen LogP contribution in [0, 0.1) is 23.5 Å². The van der Waals surface area contributed by atoms with Crippen LogP contribution < -0.4 is 10.5 Å². The lowest BCUT2D eigenvalue weighted by Gasteiger charge is -2.11. The molecule has 0 aliphatic heterocycles. The van der Waals surface area contributed by atoms with E-state index in [4.69, 9.17) is 22.1 Å². The van der Waals surface area contributed by atoms with Crippen LogP contribution in [0.25, 0.3) is 32.8 Å². The monoisotopic (exact) mass is 357 g/mol.